The second kappa shape index (κ2) is 9.50. The van der Waals surface area contributed by atoms with Crippen molar-refractivity contribution in [1.29, 1.82) is 0 Å². The molecule has 0 saturated carbocycles. The highest BCUT2D eigenvalue weighted by Crippen LogP contribution is 2.07. The number of aliphatic hydroxyl groups is 2. The SMILES string of the molecule is C[C@@H](O)[C@H](NC(=O)c1ccc(C#Cc2ccc(CO)cc2)cc1)C(=O)NO. The average molecular weight is 368 g/mol. The van der Waals surface area contributed by atoms with Gasteiger partial charge in [0.15, 0.2) is 0 Å². The monoisotopic (exact) mass is 368 g/mol. The number of hydrogen-bond acceptors (Lipinski definition) is 5. The molecule has 2 amide bonds. The predicted octanol–water partition coefficient (Wildman–Crippen LogP) is 0.563. The number of hydroxylamine groups is 1. The molecule has 2 aromatic carbocycles. The van der Waals surface area contributed by atoms with E-state index in [0.717, 1.165) is 11.1 Å². The molecule has 7 heteroatoms. The van der Waals surface area contributed by atoms with E-state index in [1.807, 2.05) is 12.1 Å². The molecule has 0 saturated heterocycles. The fraction of sp³-hybridized carbons (Fsp3) is 0.200. The van der Waals surface area contributed by atoms with Gasteiger partial charge in [0.1, 0.15) is 6.04 Å². The van der Waals surface area contributed by atoms with Crippen molar-refractivity contribution < 1.29 is 25.0 Å². The van der Waals surface area contributed by atoms with Crippen LogP contribution in [0.1, 0.15) is 34.0 Å². The van der Waals surface area contributed by atoms with E-state index in [9.17, 15) is 14.7 Å². The third-order valence-corrected chi connectivity index (χ3v) is 3.80. The van der Waals surface area contributed by atoms with Gasteiger partial charge < -0.3 is 15.5 Å². The maximum Gasteiger partial charge on any atom is 0.268 e. The van der Waals surface area contributed by atoms with E-state index in [1.165, 1.54) is 12.4 Å². The molecule has 0 aliphatic heterocycles. The van der Waals surface area contributed by atoms with Crippen molar-refractivity contribution in [3.63, 3.8) is 0 Å². The Bertz CT molecular complexity index is 849. The fourth-order valence-electron chi connectivity index (χ4n) is 2.24. The summed E-state index contributed by atoms with van der Waals surface area (Å²) in [6, 6.07) is 12.3. The number of carbonyl (C=O) groups excluding carboxylic acids is 2. The van der Waals surface area contributed by atoms with E-state index in [4.69, 9.17) is 10.3 Å². The fourth-order valence-corrected chi connectivity index (χ4v) is 2.24. The van der Waals surface area contributed by atoms with Crippen LogP contribution in [0.5, 0.6) is 0 Å². The molecule has 2 atom stereocenters. The van der Waals surface area contributed by atoms with Gasteiger partial charge in [-0.05, 0) is 48.9 Å². The van der Waals surface area contributed by atoms with Crippen LogP contribution in [-0.2, 0) is 11.4 Å². The van der Waals surface area contributed by atoms with Crippen molar-refractivity contribution in [2.24, 2.45) is 0 Å². The minimum absolute atomic E-state index is 0.0207. The van der Waals surface area contributed by atoms with Crippen molar-refractivity contribution >= 4 is 11.8 Å². The molecule has 140 valence electrons. The van der Waals surface area contributed by atoms with Crippen LogP contribution in [-0.4, -0.2) is 39.4 Å². The van der Waals surface area contributed by atoms with Gasteiger partial charge in [-0.2, -0.15) is 0 Å². The van der Waals surface area contributed by atoms with Crippen molar-refractivity contribution in [2.45, 2.75) is 25.7 Å². The number of rotatable bonds is 5. The minimum atomic E-state index is -1.27. The summed E-state index contributed by atoms with van der Waals surface area (Å²) in [5.41, 5.74) is 3.98. The Morgan fingerprint density at radius 3 is 1.96 bits per heavy atom. The Morgan fingerprint density at radius 1 is 1.00 bits per heavy atom. The molecule has 27 heavy (non-hydrogen) atoms. The summed E-state index contributed by atoms with van der Waals surface area (Å²) in [5, 5.41) is 29.6. The first-order chi connectivity index (χ1) is 12.9. The highest BCUT2D eigenvalue weighted by atomic mass is 16.5. The van der Waals surface area contributed by atoms with Crippen LogP contribution < -0.4 is 10.8 Å². The summed E-state index contributed by atoms with van der Waals surface area (Å²) in [5.74, 6) is 4.48. The molecule has 0 aliphatic carbocycles. The molecule has 2 aromatic rings. The maximum absolute atomic E-state index is 12.2. The number of carbonyl (C=O) groups is 2. The number of benzene rings is 2. The Hall–Kier alpha value is -3.18. The lowest BCUT2D eigenvalue weighted by Gasteiger charge is -2.19. The van der Waals surface area contributed by atoms with Crippen LogP contribution in [0, 0.1) is 11.8 Å². The first-order valence-corrected chi connectivity index (χ1v) is 8.19. The Balaban J connectivity index is 2.07. The summed E-state index contributed by atoms with van der Waals surface area (Å²) in [4.78, 5) is 23.7. The maximum atomic E-state index is 12.2. The van der Waals surface area contributed by atoms with E-state index in [2.05, 4.69) is 17.2 Å². The minimum Gasteiger partial charge on any atom is -0.392 e. The van der Waals surface area contributed by atoms with Crippen LogP contribution in [0.2, 0.25) is 0 Å². The number of aliphatic hydroxyl groups excluding tert-OH is 2. The standard InChI is InChI=1S/C20H20N2O5/c1-13(24)18(20(26)22-27)21-19(25)17-10-8-15(9-11-17)3-2-14-4-6-16(12-23)7-5-14/h4-11,13,18,23-24,27H,12H2,1H3,(H,21,25)(H,22,26)/t13-,18+/m1/s1. The molecule has 2 rings (SSSR count). The molecular weight excluding hydrogens is 348 g/mol. The van der Waals surface area contributed by atoms with Crippen LogP contribution >= 0.6 is 0 Å². The summed E-state index contributed by atoms with van der Waals surface area (Å²) in [6.45, 7) is 1.30. The lowest BCUT2D eigenvalue weighted by molar-refractivity contribution is -0.133. The first kappa shape index (κ1) is 20.1. The smallest absolute Gasteiger partial charge is 0.268 e. The summed E-state index contributed by atoms with van der Waals surface area (Å²) in [7, 11) is 0. The van der Waals surface area contributed by atoms with Gasteiger partial charge in [0, 0.05) is 16.7 Å². The summed E-state index contributed by atoms with van der Waals surface area (Å²) < 4.78 is 0. The third kappa shape index (κ3) is 5.66. The predicted molar refractivity (Wildman–Crippen MR) is 97.7 cm³/mol. The second-order valence-electron chi connectivity index (χ2n) is 5.85. The van der Waals surface area contributed by atoms with E-state index in [0.29, 0.717) is 5.56 Å². The zero-order valence-corrected chi connectivity index (χ0v) is 14.6. The number of nitrogens with one attached hydrogen (secondary N) is 2. The normalized spacial score (nSPS) is 12.3. The van der Waals surface area contributed by atoms with Gasteiger partial charge in [-0.1, -0.05) is 24.0 Å². The van der Waals surface area contributed by atoms with Crippen LogP contribution in [0.3, 0.4) is 0 Å². The van der Waals surface area contributed by atoms with E-state index < -0.39 is 24.0 Å². The largest absolute Gasteiger partial charge is 0.392 e. The number of hydrogen-bond donors (Lipinski definition) is 5. The Kier molecular flexibility index (Phi) is 7.08. The van der Waals surface area contributed by atoms with E-state index in [-0.39, 0.29) is 12.2 Å². The van der Waals surface area contributed by atoms with Crippen molar-refractivity contribution in [2.75, 3.05) is 0 Å². The molecule has 0 fully saturated rings. The van der Waals surface area contributed by atoms with E-state index in [1.54, 1.807) is 36.4 Å². The molecule has 0 unspecified atom stereocenters. The van der Waals surface area contributed by atoms with E-state index >= 15 is 0 Å². The highest BCUT2D eigenvalue weighted by molar-refractivity contribution is 5.97. The van der Waals surface area contributed by atoms with Gasteiger partial charge in [-0.15, -0.1) is 0 Å². The highest BCUT2D eigenvalue weighted by Gasteiger charge is 2.25. The molecule has 0 aromatic heterocycles. The molecule has 0 bridgehead atoms. The van der Waals surface area contributed by atoms with Crippen molar-refractivity contribution in [3.8, 4) is 11.8 Å². The summed E-state index contributed by atoms with van der Waals surface area (Å²) in [6.07, 6.45) is -1.18. The molecule has 7 nitrogen and oxygen atoms in total. The lowest BCUT2D eigenvalue weighted by atomic mass is 10.1. The molecule has 0 spiro atoms. The first-order valence-electron chi connectivity index (χ1n) is 8.19. The molecule has 0 heterocycles. The molecule has 0 aliphatic rings. The van der Waals surface area contributed by atoms with Crippen molar-refractivity contribution in [3.05, 3.63) is 70.8 Å². The van der Waals surface area contributed by atoms with Gasteiger partial charge in [0.2, 0.25) is 0 Å². The quantitative estimate of drug-likeness (QED) is 0.300. The van der Waals surface area contributed by atoms with Gasteiger partial charge in [-0.3, -0.25) is 14.8 Å². The van der Waals surface area contributed by atoms with Crippen molar-refractivity contribution in [1.82, 2.24) is 10.8 Å². The van der Waals surface area contributed by atoms with Crippen LogP contribution in [0.4, 0.5) is 0 Å². The molecular formula is C20H20N2O5. The number of amides is 2. The molecule has 5 N–H and O–H groups in total. The third-order valence-electron chi connectivity index (χ3n) is 3.80. The Morgan fingerprint density at radius 2 is 1.52 bits per heavy atom. The topological polar surface area (TPSA) is 119 Å². The van der Waals surface area contributed by atoms with Gasteiger partial charge in [0.25, 0.3) is 11.8 Å². The second-order valence-corrected chi connectivity index (χ2v) is 5.85. The van der Waals surface area contributed by atoms with Crippen LogP contribution in [0.15, 0.2) is 48.5 Å². The van der Waals surface area contributed by atoms with Gasteiger partial charge in [0.05, 0.1) is 12.7 Å². The zero-order valence-electron chi connectivity index (χ0n) is 14.6. The average Bonchev–Trinajstić information content (AvgIpc) is 2.70. The lowest BCUT2D eigenvalue weighted by Crippen LogP contribution is -2.51. The van der Waals surface area contributed by atoms with Crippen LogP contribution in [0.25, 0.3) is 0 Å². The molecule has 0 radical (unpaired) electrons. The Labute approximate surface area is 156 Å². The van der Waals surface area contributed by atoms with Gasteiger partial charge in [-0.25, -0.2) is 5.48 Å². The zero-order chi connectivity index (χ0) is 19.8. The van der Waals surface area contributed by atoms with Gasteiger partial charge >= 0.3 is 0 Å². The summed E-state index contributed by atoms with van der Waals surface area (Å²) >= 11 is 0.